The smallest absolute Gasteiger partial charge is 0.318 e. The van der Waals surface area contributed by atoms with Crippen molar-refractivity contribution < 1.29 is 18.8 Å². The Morgan fingerprint density at radius 2 is 2.12 bits per heavy atom. The van der Waals surface area contributed by atoms with Gasteiger partial charge in [0.1, 0.15) is 5.25 Å². The zero-order chi connectivity index (χ0) is 12.5. The van der Waals surface area contributed by atoms with Crippen molar-refractivity contribution >= 4 is 16.8 Å². The van der Waals surface area contributed by atoms with Crippen LogP contribution in [0.2, 0.25) is 0 Å². The molecule has 2 fully saturated rings. The molecule has 4 nitrogen and oxygen atoms in total. The first-order valence-electron chi connectivity index (χ1n) is 6.30. The maximum absolute atomic E-state index is 11.8. The van der Waals surface area contributed by atoms with E-state index >= 15 is 0 Å². The molecular formula is C12H20O4S. The van der Waals surface area contributed by atoms with Crippen molar-refractivity contribution in [2.45, 2.75) is 62.4 Å². The van der Waals surface area contributed by atoms with Crippen molar-refractivity contribution in [1.29, 1.82) is 0 Å². The van der Waals surface area contributed by atoms with Crippen molar-refractivity contribution in [1.82, 2.24) is 0 Å². The van der Waals surface area contributed by atoms with Crippen LogP contribution in [-0.2, 0) is 20.3 Å². The lowest BCUT2D eigenvalue weighted by molar-refractivity contribution is -0.136. The van der Waals surface area contributed by atoms with E-state index in [-0.39, 0.29) is 11.7 Å². The van der Waals surface area contributed by atoms with Crippen molar-refractivity contribution in [2.75, 3.05) is 5.75 Å². The number of carbonyl (C=O) groups is 1. The number of carboxylic acid groups (broad SMARTS) is 1. The fourth-order valence-corrected chi connectivity index (χ4v) is 3.95. The number of aliphatic carboxylic acids is 1. The molecule has 3 unspecified atom stereocenters. The molecule has 0 radical (unpaired) electrons. The third-order valence-corrected chi connectivity index (χ3v) is 5.64. The van der Waals surface area contributed by atoms with Gasteiger partial charge in [-0.3, -0.25) is 9.00 Å². The van der Waals surface area contributed by atoms with Gasteiger partial charge < -0.3 is 9.84 Å². The fraction of sp³-hybridized carbons (Fsp3) is 0.917. The predicted molar refractivity (Wildman–Crippen MR) is 65.4 cm³/mol. The van der Waals surface area contributed by atoms with E-state index in [4.69, 9.17) is 9.84 Å². The van der Waals surface area contributed by atoms with Crippen LogP contribution < -0.4 is 0 Å². The van der Waals surface area contributed by atoms with Crippen LogP contribution in [0.25, 0.3) is 0 Å². The van der Waals surface area contributed by atoms with Crippen molar-refractivity contribution in [3.63, 3.8) is 0 Å². The van der Waals surface area contributed by atoms with E-state index in [9.17, 15) is 9.00 Å². The van der Waals surface area contributed by atoms with Gasteiger partial charge in [-0.15, -0.1) is 0 Å². The van der Waals surface area contributed by atoms with Crippen molar-refractivity contribution in [2.24, 2.45) is 0 Å². The zero-order valence-corrected chi connectivity index (χ0v) is 11.0. The molecule has 1 aliphatic heterocycles. The van der Waals surface area contributed by atoms with Gasteiger partial charge in [-0.2, -0.15) is 0 Å². The summed E-state index contributed by atoms with van der Waals surface area (Å²) in [6, 6.07) is 0. The summed E-state index contributed by atoms with van der Waals surface area (Å²) in [6.45, 7) is 1.50. The van der Waals surface area contributed by atoms with Gasteiger partial charge in [0, 0.05) is 10.8 Å². The van der Waals surface area contributed by atoms with E-state index in [1.807, 2.05) is 0 Å². The molecule has 98 valence electrons. The summed E-state index contributed by atoms with van der Waals surface area (Å²) in [5.74, 6) is -0.619. The van der Waals surface area contributed by atoms with Crippen molar-refractivity contribution in [3.8, 4) is 0 Å². The summed E-state index contributed by atoms with van der Waals surface area (Å²) in [5, 5.41) is 8.00. The molecule has 1 spiro atoms. The quantitative estimate of drug-likeness (QED) is 0.835. The highest BCUT2D eigenvalue weighted by molar-refractivity contribution is 7.86. The molecule has 0 aromatic carbocycles. The van der Waals surface area contributed by atoms with Gasteiger partial charge >= 0.3 is 5.97 Å². The number of hydrogen-bond acceptors (Lipinski definition) is 3. The topological polar surface area (TPSA) is 63.6 Å². The molecule has 1 saturated heterocycles. The Labute approximate surface area is 104 Å². The summed E-state index contributed by atoms with van der Waals surface area (Å²) in [4.78, 5) is 10.7. The molecule has 3 atom stereocenters. The molecule has 17 heavy (non-hydrogen) atoms. The predicted octanol–water partition coefficient (Wildman–Crippen LogP) is 1.70. The van der Waals surface area contributed by atoms with E-state index in [2.05, 4.69) is 0 Å². The first-order valence-corrected chi connectivity index (χ1v) is 7.68. The number of rotatable bonds is 4. The summed E-state index contributed by atoms with van der Waals surface area (Å²) < 4.78 is 17.8. The van der Waals surface area contributed by atoms with Crippen molar-refractivity contribution in [3.05, 3.63) is 0 Å². The Morgan fingerprint density at radius 1 is 1.47 bits per heavy atom. The molecule has 5 heteroatoms. The lowest BCUT2D eigenvalue weighted by Crippen LogP contribution is -2.31. The molecule has 0 aromatic heterocycles. The largest absolute Gasteiger partial charge is 0.480 e. The van der Waals surface area contributed by atoms with Gasteiger partial charge in [0.05, 0.1) is 17.5 Å². The first kappa shape index (κ1) is 13.0. The van der Waals surface area contributed by atoms with Gasteiger partial charge in [0.2, 0.25) is 0 Å². The van der Waals surface area contributed by atoms with Crippen LogP contribution in [0.15, 0.2) is 0 Å². The minimum atomic E-state index is -1.33. The lowest BCUT2D eigenvalue weighted by atomic mass is 9.98. The molecule has 1 aliphatic carbocycles. The number of ether oxygens (including phenoxy) is 1. The average molecular weight is 260 g/mol. The number of carboxylic acids is 1. The minimum absolute atomic E-state index is 0.00395. The molecule has 1 N–H and O–H groups in total. The van der Waals surface area contributed by atoms with Crippen LogP contribution in [0.3, 0.4) is 0 Å². The van der Waals surface area contributed by atoms with Crippen LogP contribution in [0.5, 0.6) is 0 Å². The Bertz CT molecular complexity index is 322. The van der Waals surface area contributed by atoms with Gasteiger partial charge in [-0.05, 0) is 32.6 Å². The van der Waals surface area contributed by atoms with Crippen LogP contribution in [0, 0.1) is 0 Å². The molecule has 1 heterocycles. The van der Waals surface area contributed by atoms with Gasteiger partial charge in [-0.25, -0.2) is 0 Å². The van der Waals surface area contributed by atoms with E-state index in [0.29, 0.717) is 5.75 Å². The maximum atomic E-state index is 11.8. The van der Waals surface area contributed by atoms with E-state index < -0.39 is 22.0 Å². The number of hydrogen-bond donors (Lipinski definition) is 1. The Hall–Kier alpha value is -0.420. The van der Waals surface area contributed by atoms with E-state index in [1.165, 1.54) is 19.8 Å². The second-order valence-corrected chi connectivity index (χ2v) is 7.00. The summed E-state index contributed by atoms with van der Waals surface area (Å²) >= 11 is 0. The fourth-order valence-electron chi connectivity index (χ4n) is 2.84. The Morgan fingerprint density at radius 3 is 2.71 bits per heavy atom. The monoisotopic (exact) mass is 260 g/mol. The molecule has 2 rings (SSSR count). The van der Waals surface area contributed by atoms with Gasteiger partial charge in [-0.1, -0.05) is 12.8 Å². The zero-order valence-electron chi connectivity index (χ0n) is 10.2. The molecule has 2 aliphatic rings. The normalized spacial score (nSPS) is 30.5. The maximum Gasteiger partial charge on any atom is 0.318 e. The Balaban J connectivity index is 1.85. The average Bonchev–Trinajstić information content (AvgIpc) is 2.89. The third kappa shape index (κ3) is 2.88. The van der Waals surface area contributed by atoms with E-state index in [1.54, 1.807) is 0 Å². The lowest BCUT2D eigenvalue weighted by Gasteiger charge is -2.23. The van der Waals surface area contributed by atoms with Gasteiger partial charge in [0.15, 0.2) is 0 Å². The van der Waals surface area contributed by atoms with Crippen LogP contribution in [-0.4, -0.2) is 38.0 Å². The highest BCUT2D eigenvalue weighted by Crippen LogP contribution is 2.43. The van der Waals surface area contributed by atoms with Gasteiger partial charge in [0.25, 0.3) is 0 Å². The second kappa shape index (κ2) is 5.06. The summed E-state index contributed by atoms with van der Waals surface area (Å²) in [7, 11) is -1.33. The van der Waals surface area contributed by atoms with Crippen LogP contribution in [0.1, 0.15) is 45.4 Å². The van der Waals surface area contributed by atoms with E-state index in [0.717, 1.165) is 25.7 Å². The molecule has 0 aromatic rings. The third-order valence-electron chi connectivity index (χ3n) is 3.95. The Kier molecular flexibility index (Phi) is 3.88. The van der Waals surface area contributed by atoms with Crippen LogP contribution in [0.4, 0.5) is 0 Å². The molecule has 0 amide bonds. The highest BCUT2D eigenvalue weighted by Gasteiger charge is 2.42. The van der Waals surface area contributed by atoms with Crippen LogP contribution >= 0.6 is 0 Å². The molecule has 1 saturated carbocycles. The summed E-state index contributed by atoms with van der Waals surface area (Å²) in [6.07, 6.45) is 6.66. The molecular weight excluding hydrogens is 240 g/mol. The SMILES string of the molecule is CC(C(=O)O)S(=O)CC1CCC2(CCCC2)O1. The molecule has 0 bridgehead atoms. The minimum Gasteiger partial charge on any atom is -0.480 e. The first-order chi connectivity index (χ1) is 8.02. The summed E-state index contributed by atoms with van der Waals surface area (Å²) in [5.41, 5.74) is 0.0430. The highest BCUT2D eigenvalue weighted by atomic mass is 32.2. The standard InChI is InChI=1S/C12H20O4S/c1-9(11(13)14)17(15)8-10-4-7-12(16-10)5-2-3-6-12/h9-10H,2-8H2,1H3,(H,13,14). The second-order valence-electron chi connectivity index (χ2n) is 5.20.